The molecule has 0 bridgehead atoms. The van der Waals surface area contributed by atoms with Crippen LogP contribution in [0.3, 0.4) is 0 Å². The zero-order valence-corrected chi connectivity index (χ0v) is 12.8. The normalized spacial score (nSPS) is 18.0. The molecule has 1 N–H and O–H groups in total. The van der Waals surface area contributed by atoms with E-state index in [0.29, 0.717) is 18.0 Å². The summed E-state index contributed by atoms with van der Waals surface area (Å²) < 4.78 is 16.0. The zero-order valence-electron chi connectivity index (χ0n) is 12.8. The Bertz CT molecular complexity index is 657. The lowest BCUT2D eigenvalue weighted by molar-refractivity contribution is -0.124. The molecule has 23 heavy (non-hydrogen) atoms. The summed E-state index contributed by atoms with van der Waals surface area (Å²) >= 11 is 0. The van der Waals surface area contributed by atoms with Gasteiger partial charge in [0.2, 0.25) is 12.7 Å². The van der Waals surface area contributed by atoms with Crippen molar-refractivity contribution in [1.82, 2.24) is 5.32 Å². The minimum Gasteiger partial charge on any atom is -0.481 e. The summed E-state index contributed by atoms with van der Waals surface area (Å²) in [5, 5.41) is 2.85. The fourth-order valence-electron chi connectivity index (χ4n) is 2.51. The van der Waals surface area contributed by atoms with Crippen LogP contribution in [0.5, 0.6) is 17.2 Å². The number of nitrogens with one attached hydrogen (secondary N) is 1. The number of hydrogen-bond acceptors (Lipinski definition) is 4. The molecule has 1 aliphatic carbocycles. The van der Waals surface area contributed by atoms with E-state index in [1.54, 1.807) is 6.07 Å². The molecular weight excluding hydrogens is 294 g/mol. The van der Waals surface area contributed by atoms with Gasteiger partial charge >= 0.3 is 0 Å². The number of rotatable bonds is 4. The van der Waals surface area contributed by atoms with E-state index in [2.05, 4.69) is 29.3 Å². The molecule has 5 heteroatoms. The molecular formula is C18H19NO4. The molecule has 0 saturated heterocycles. The van der Waals surface area contributed by atoms with Crippen LogP contribution in [-0.4, -0.2) is 25.9 Å². The lowest BCUT2D eigenvalue weighted by atomic mass is 9.94. The van der Waals surface area contributed by atoms with Crippen LogP contribution in [0.4, 0.5) is 0 Å². The summed E-state index contributed by atoms with van der Waals surface area (Å²) in [6, 6.07) is 5.40. The van der Waals surface area contributed by atoms with Crippen LogP contribution in [0.1, 0.15) is 19.3 Å². The van der Waals surface area contributed by atoms with E-state index in [1.165, 1.54) is 0 Å². The van der Waals surface area contributed by atoms with Crippen molar-refractivity contribution in [3.63, 3.8) is 0 Å². The molecule has 1 heterocycles. The fraction of sp³-hybridized carbons (Fsp3) is 0.389. The van der Waals surface area contributed by atoms with Crippen molar-refractivity contribution in [1.29, 1.82) is 0 Å². The number of benzene rings is 1. The molecule has 0 fully saturated rings. The van der Waals surface area contributed by atoms with E-state index in [9.17, 15) is 4.79 Å². The Morgan fingerprint density at radius 2 is 2.17 bits per heavy atom. The zero-order chi connectivity index (χ0) is 15.9. The van der Waals surface area contributed by atoms with Gasteiger partial charge in [-0.2, -0.15) is 0 Å². The van der Waals surface area contributed by atoms with Gasteiger partial charge in [-0.05, 0) is 31.4 Å². The maximum absolute atomic E-state index is 11.9. The second-order valence-electron chi connectivity index (χ2n) is 5.36. The molecule has 0 radical (unpaired) electrons. The van der Waals surface area contributed by atoms with E-state index in [-0.39, 0.29) is 25.2 Å². The number of allylic oxidation sites excluding steroid dienone is 2. The average Bonchev–Trinajstić information content (AvgIpc) is 3.06. The van der Waals surface area contributed by atoms with Crippen LogP contribution >= 0.6 is 0 Å². The predicted molar refractivity (Wildman–Crippen MR) is 85.3 cm³/mol. The van der Waals surface area contributed by atoms with E-state index in [1.807, 2.05) is 12.1 Å². The van der Waals surface area contributed by atoms with Crippen LogP contribution < -0.4 is 19.5 Å². The van der Waals surface area contributed by atoms with Gasteiger partial charge in [-0.15, -0.1) is 0 Å². The SMILES string of the molecule is O=C(NCC#CCOc1ccc2c(c1)OCO2)C1CC=CCC1. The van der Waals surface area contributed by atoms with Gasteiger partial charge in [-0.3, -0.25) is 4.79 Å². The first-order valence-corrected chi connectivity index (χ1v) is 7.74. The number of amides is 1. The molecule has 0 spiro atoms. The van der Waals surface area contributed by atoms with E-state index >= 15 is 0 Å². The Hall–Kier alpha value is -2.61. The van der Waals surface area contributed by atoms with Crippen LogP contribution in [-0.2, 0) is 4.79 Å². The second kappa shape index (κ2) is 7.59. The first-order chi connectivity index (χ1) is 11.3. The molecule has 0 aromatic heterocycles. The molecule has 120 valence electrons. The van der Waals surface area contributed by atoms with Crippen LogP contribution in [0.25, 0.3) is 0 Å². The smallest absolute Gasteiger partial charge is 0.231 e. The minimum absolute atomic E-state index is 0.0836. The van der Waals surface area contributed by atoms with Crippen molar-refractivity contribution < 1.29 is 19.0 Å². The molecule has 3 rings (SSSR count). The van der Waals surface area contributed by atoms with Crippen molar-refractivity contribution in [2.24, 2.45) is 5.92 Å². The van der Waals surface area contributed by atoms with Gasteiger partial charge in [-0.1, -0.05) is 24.0 Å². The molecule has 1 aromatic carbocycles. The maximum Gasteiger partial charge on any atom is 0.231 e. The van der Waals surface area contributed by atoms with Gasteiger partial charge in [0.1, 0.15) is 12.4 Å². The largest absolute Gasteiger partial charge is 0.481 e. The van der Waals surface area contributed by atoms with Crippen molar-refractivity contribution in [2.45, 2.75) is 19.3 Å². The Balaban J connectivity index is 1.37. The van der Waals surface area contributed by atoms with Crippen molar-refractivity contribution in [2.75, 3.05) is 19.9 Å². The first-order valence-electron chi connectivity index (χ1n) is 7.74. The van der Waals surface area contributed by atoms with Gasteiger partial charge in [0.25, 0.3) is 0 Å². The third-order valence-electron chi connectivity index (χ3n) is 3.77. The number of carbonyl (C=O) groups excluding carboxylic acids is 1. The van der Waals surface area contributed by atoms with Crippen LogP contribution in [0.15, 0.2) is 30.4 Å². The van der Waals surface area contributed by atoms with E-state index < -0.39 is 0 Å². The molecule has 1 unspecified atom stereocenters. The van der Waals surface area contributed by atoms with E-state index in [4.69, 9.17) is 14.2 Å². The highest BCUT2D eigenvalue weighted by atomic mass is 16.7. The molecule has 1 aliphatic heterocycles. The monoisotopic (exact) mass is 313 g/mol. The minimum atomic E-state index is 0.0836. The van der Waals surface area contributed by atoms with Crippen molar-refractivity contribution in [3.8, 4) is 29.1 Å². The quantitative estimate of drug-likeness (QED) is 0.684. The topological polar surface area (TPSA) is 56.8 Å². The summed E-state index contributed by atoms with van der Waals surface area (Å²) in [5.74, 6) is 8.05. The molecule has 1 amide bonds. The molecule has 0 saturated carbocycles. The summed E-state index contributed by atoms with van der Waals surface area (Å²) in [5.41, 5.74) is 0. The number of hydrogen-bond donors (Lipinski definition) is 1. The van der Waals surface area contributed by atoms with Crippen molar-refractivity contribution in [3.05, 3.63) is 30.4 Å². The highest BCUT2D eigenvalue weighted by molar-refractivity contribution is 5.79. The number of fused-ring (bicyclic) bond motifs is 1. The van der Waals surface area contributed by atoms with Crippen molar-refractivity contribution >= 4 is 5.91 Å². The van der Waals surface area contributed by atoms with Crippen LogP contribution in [0.2, 0.25) is 0 Å². The maximum atomic E-state index is 11.9. The number of ether oxygens (including phenoxy) is 3. The fourth-order valence-corrected chi connectivity index (χ4v) is 2.51. The second-order valence-corrected chi connectivity index (χ2v) is 5.36. The van der Waals surface area contributed by atoms with Gasteiger partial charge in [0.15, 0.2) is 11.5 Å². The summed E-state index contributed by atoms with van der Waals surface area (Å²) in [7, 11) is 0. The third-order valence-corrected chi connectivity index (χ3v) is 3.77. The predicted octanol–water partition coefficient (Wildman–Crippen LogP) is 2.27. The average molecular weight is 313 g/mol. The lowest BCUT2D eigenvalue weighted by Gasteiger charge is -2.16. The lowest BCUT2D eigenvalue weighted by Crippen LogP contribution is -2.31. The first kappa shape index (κ1) is 15.3. The van der Waals surface area contributed by atoms with Crippen LogP contribution in [0, 0.1) is 17.8 Å². The molecule has 2 aliphatic rings. The van der Waals surface area contributed by atoms with Gasteiger partial charge in [-0.25, -0.2) is 0 Å². The van der Waals surface area contributed by atoms with Gasteiger partial charge < -0.3 is 19.5 Å². The standard InChI is InChI=1S/C18H19NO4/c20-18(14-6-2-1-3-7-14)19-10-4-5-11-21-15-8-9-16-17(12-15)23-13-22-16/h1-2,8-9,12,14H,3,6-7,10-11,13H2,(H,19,20). The summed E-state index contributed by atoms with van der Waals surface area (Å²) in [6.45, 7) is 0.861. The Kier molecular flexibility index (Phi) is 5.05. The summed E-state index contributed by atoms with van der Waals surface area (Å²) in [6.07, 6.45) is 6.91. The Labute approximate surface area is 135 Å². The van der Waals surface area contributed by atoms with E-state index in [0.717, 1.165) is 25.0 Å². The van der Waals surface area contributed by atoms with Gasteiger partial charge in [0.05, 0.1) is 6.54 Å². The Morgan fingerprint density at radius 1 is 1.26 bits per heavy atom. The molecule has 5 nitrogen and oxygen atoms in total. The Morgan fingerprint density at radius 3 is 3.04 bits per heavy atom. The molecule has 1 atom stereocenters. The summed E-state index contributed by atoms with van der Waals surface area (Å²) in [4.78, 5) is 11.9. The van der Waals surface area contributed by atoms with Gasteiger partial charge in [0, 0.05) is 12.0 Å². The third kappa shape index (κ3) is 4.19. The highest BCUT2D eigenvalue weighted by Crippen LogP contribution is 2.34. The molecule has 1 aromatic rings. The number of carbonyl (C=O) groups is 1. The highest BCUT2D eigenvalue weighted by Gasteiger charge is 2.17.